The maximum atomic E-state index is 6.61. The smallest absolute Gasteiger partial charge is 0.227 e. The highest BCUT2D eigenvalue weighted by molar-refractivity contribution is 6.29. The lowest BCUT2D eigenvalue weighted by Crippen LogP contribution is -2.16. The minimum Gasteiger partial charge on any atom is -0.435 e. The second-order valence-corrected chi connectivity index (χ2v) is 13.6. The van der Waals surface area contributed by atoms with Gasteiger partial charge < -0.3 is 9.32 Å². The minimum absolute atomic E-state index is 0.0973. The Labute approximate surface area is 284 Å². The summed E-state index contributed by atoms with van der Waals surface area (Å²) in [5, 5.41) is 6.82. The Balaban J connectivity index is 1.24. The summed E-state index contributed by atoms with van der Waals surface area (Å²) in [6.45, 7) is 4.68. The summed E-state index contributed by atoms with van der Waals surface area (Å²) < 4.78 is 6.61. The molecule has 9 aromatic rings. The zero-order valence-electron chi connectivity index (χ0n) is 27.3. The van der Waals surface area contributed by atoms with Gasteiger partial charge in [-0.25, -0.2) is 4.98 Å². The van der Waals surface area contributed by atoms with Gasteiger partial charge in [0.2, 0.25) is 5.89 Å². The number of benzene rings is 8. The largest absolute Gasteiger partial charge is 0.435 e. The monoisotopic (exact) mass is 628 g/mol. The molecule has 0 saturated heterocycles. The number of nitrogens with zero attached hydrogens (tertiary/aromatic N) is 2. The molecule has 10 rings (SSSR count). The number of aromatic nitrogens is 1. The molecule has 0 atom stereocenters. The molecule has 0 saturated carbocycles. The Morgan fingerprint density at radius 1 is 0.510 bits per heavy atom. The lowest BCUT2D eigenvalue weighted by Gasteiger charge is -2.28. The molecule has 232 valence electrons. The molecule has 0 amide bonds. The Morgan fingerprint density at radius 2 is 1.16 bits per heavy atom. The number of para-hydroxylation sites is 1. The molecule has 0 aliphatic heterocycles. The predicted molar refractivity (Wildman–Crippen MR) is 204 cm³/mol. The first kappa shape index (κ1) is 27.9. The van der Waals surface area contributed by atoms with Gasteiger partial charge in [-0.1, -0.05) is 123 Å². The zero-order valence-corrected chi connectivity index (χ0v) is 27.3. The van der Waals surface area contributed by atoms with Crippen LogP contribution in [-0.4, -0.2) is 4.98 Å². The van der Waals surface area contributed by atoms with E-state index in [1.54, 1.807) is 0 Å². The van der Waals surface area contributed by atoms with Crippen LogP contribution in [0.2, 0.25) is 0 Å². The van der Waals surface area contributed by atoms with Crippen molar-refractivity contribution in [3.05, 3.63) is 169 Å². The van der Waals surface area contributed by atoms with Crippen LogP contribution in [0.4, 0.5) is 17.1 Å². The molecule has 0 unspecified atom stereocenters. The fraction of sp³-hybridized carbons (Fsp3) is 0.0652. The number of anilines is 3. The maximum Gasteiger partial charge on any atom is 0.227 e. The standard InChI is InChI=1S/C46H32N2O/c1-46(2)40-20-12-11-18-35(40)36-26-24-33(28-41(36)46)48(31-15-7-4-8-16-31)32-23-21-29-22-25-37-34-17-9-10-19-38(34)44-43(42(37)39(29)27-32)47-45(49-44)30-13-5-3-6-14-30/h3-28H,1-2H3. The van der Waals surface area contributed by atoms with Crippen LogP contribution in [0.25, 0.3) is 66.0 Å². The highest BCUT2D eigenvalue weighted by atomic mass is 16.3. The van der Waals surface area contributed by atoms with E-state index in [1.807, 2.05) is 18.2 Å². The van der Waals surface area contributed by atoms with Crippen molar-refractivity contribution in [2.45, 2.75) is 19.3 Å². The third-order valence-corrected chi connectivity index (χ3v) is 10.4. The van der Waals surface area contributed by atoms with Gasteiger partial charge in [-0.3, -0.25) is 0 Å². The number of oxazole rings is 1. The summed E-state index contributed by atoms with van der Waals surface area (Å²) in [7, 11) is 0. The molecule has 0 radical (unpaired) electrons. The first-order chi connectivity index (χ1) is 24.1. The second kappa shape index (κ2) is 10.4. The van der Waals surface area contributed by atoms with Gasteiger partial charge in [0, 0.05) is 38.8 Å². The third-order valence-electron chi connectivity index (χ3n) is 10.4. The molecule has 0 spiro atoms. The number of hydrogen-bond donors (Lipinski definition) is 0. The predicted octanol–water partition coefficient (Wildman–Crippen LogP) is 12.7. The maximum absolute atomic E-state index is 6.61. The van der Waals surface area contributed by atoms with Gasteiger partial charge in [-0.05, 0) is 92.3 Å². The average Bonchev–Trinajstić information content (AvgIpc) is 3.70. The van der Waals surface area contributed by atoms with Gasteiger partial charge in [-0.2, -0.15) is 0 Å². The van der Waals surface area contributed by atoms with Gasteiger partial charge in [0.15, 0.2) is 5.58 Å². The van der Waals surface area contributed by atoms with Crippen LogP contribution in [0.1, 0.15) is 25.0 Å². The highest BCUT2D eigenvalue weighted by Gasteiger charge is 2.35. The third kappa shape index (κ3) is 4.12. The van der Waals surface area contributed by atoms with E-state index in [-0.39, 0.29) is 5.41 Å². The quantitative estimate of drug-likeness (QED) is 0.182. The van der Waals surface area contributed by atoms with Crippen molar-refractivity contribution in [3.8, 4) is 22.6 Å². The first-order valence-corrected chi connectivity index (χ1v) is 16.9. The summed E-state index contributed by atoms with van der Waals surface area (Å²) in [6.07, 6.45) is 0. The molecule has 49 heavy (non-hydrogen) atoms. The van der Waals surface area contributed by atoms with Gasteiger partial charge >= 0.3 is 0 Å². The van der Waals surface area contributed by atoms with Crippen LogP contribution in [0.5, 0.6) is 0 Å². The number of hydrogen-bond acceptors (Lipinski definition) is 3. The van der Waals surface area contributed by atoms with Gasteiger partial charge in [-0.15, -0.1) is 0 Å². The molecule has 1 aliphatic rings. The molecule has 1 aromatic heterocycles. The van der Waals surface area contributed by atoms with E-state index in [0.29, 0.717) is 5.89 Å². The lowest BCUT2D eigenvalue weighted by atomic mass is 9.82. The molecule has 3 heteroatoms. The summed E-state index contributed by atoms with van der Waals surface area (Å²) in [5.74, 6) is 0.633. The van der Waals surface area contributed by atoms with Crippen LogP contribution >= 0.6 is 0 Å². The Bertz CT molecular complexity index is 2740. The van der Waals surface area contributed by atoms with E-state index in [2.05, 4.69) is 158 Å². The van der Waals surface area contributed by atoms with Crippen LogP contribution in [-0.2, 0) is 5.41 Å². The van der Waals surface area contributed by atoms with E-state index >= 15 is 0 Å². The van der Waals surface area contributed by atoms with Crippen LogP contribution in [0.15, 0.2) is 162 Å². The first-order valence-electron chi connectivity index (χ1n) is 16.9. The molecular weight excluding hydrogens is 597 g/mol. The van der Waals surface area contributed by atoms with E-state index in [4.69, 9.17) is 9.40 Å². The summed E-state index contributed by atoms with van der Waals surface area (Å²) in [4.78, 5) is 7.58. The highest BCUT2D eigenvalue weighted by Crippen LogP contribution is 2.51. The Morgan fingerprint density at radius 3 is 2.00 bits per heavy atom. The van der Waals surface area contributed by atoms with Crippen LogP contribution < -0.4 is 4.90 Å². The Hall–Kier alpha value is -6.19. The van der Waals surface area contributed by atoms with E-state index < -0.39 is 0 Å². The van der Waals surface area contributed by atoms with Crippen molar-refractivity contribution in [2.24, 2.45) is 0 Å². The topological polar surface area (TPSA) is 29.3 Å². The average molecular weight is 629 g/mol. The summed E-state index contributed by atoms with van der Waals surface area (Å²) >= 11 is 0. The van der Waals surface area contributed by atoms with Gasteiger partial charge in [0.05, 0.1) is 0 Å². The summed E-state index contributed by atoms with van der Waals surface area (Å²) in [5.41, 5.74) is 11.3. The molecule has 0 N–H and O–H groups in total. The van der Waals surface area contributed by atoms with Crippen LogP contribution in [0.3, 0.4) is 0 Å². The van der Waals surface area contributed by atoms with E-state index in [0.717, 1.165) is 60.7 Å². The Kier molecular flexibility index (Phi) is 5.92. The van der Waals surface area contributed by atoms with Crippen molar-refractivity contribution in [3.63, 3.8) is 0 Å². The van der Waals surface area contributed by atoms with Crippen LogP contribution in [0, 0.1) is 0 Å². The molecule has 0 bridgehead atoms. The molecule has 3 nitrogen and oxygen atoms in total. The molecule has 8 aromatic carbocycles. The van der Waals surface area contributed by atoms with Crippen molar-refractivity contribution in [2.75, 3.05) is 4.90 Å². The van der Waals surface area contributed by atoms with Crippen molar-refractivity contribution in [1.29, 1.82) is 0 Å². The molecule has 1 aliphatic carbocycles. The molecule has 1 heterocycles. The number of rotatable bonds is 4. The van der Waals surface area contributed by atoms with E-state index in [9.17, 15) is 0 Å². The van der Waals surface area contributed by atoms with Gasteiger partial charge in [0.1, 0.15) is 5.52 Å². The second-order valence-electron chi connectivity index (χ2n) is 13.6. The SMILES string of the molecule is CC1(C)c2ccccc2-c2ccc(N(c3ccccc3)c3ccc4ccc5c6ccccc6c6oc(-c7ccccc7)nc6c5c4c3)cc21. The fourth-order valence-electron chi connectivity index (χ4n) is 8.07. The molecule has 0 fully saturated rings. The van der Waals surface area contributed by atoms with Crippen molar-refractivity contribution < 1.29 is 4.42 Å². The van der Waals surface area contributed by atoms with Gasteiger partial charge in [0.25, 0.3) is 0 Å². The zero-order chi connectivity index (χ0) is 32.7. The molecular formula is C46H32N2O. The van der Waals surface area contributed by atoms with E-state index in [1.165, 1.54) is 27.6 Å². The van der Waals surface area contributed by atoms with Crippen molar-refractivity contribution >= 4 is 60.5 Å². The fourth-order valence-corrected chi connectivity index (χ4v) is 8.07. The lowest BCUT2D eigenvalue weighted by molar-refractivity contribution is 0.623. The minimum atomic E-state index is -0.0973. The summed E-state index contributed by atoms with van der Waals surface area (Å²) in [6, 6.07) is 56.5. The normalized spacial score (nSPS) is 13.3. The number of fused-ring (bicyclic) bond motifs is 11. The van der Waals surface area contributed by atoms with Crippen molar-refractivity contribution in [1.82, 2.24) is 4.98 Å².